The van der Waals surface area contributed by atoms with E-state index in [9.17, 15) is 4.79 Å². The van der Waals surface area contributed by atoms with E-state index in [1.54, 1.807) is 26.5 Å². The van der Waals surface area contributed by atoms with E-state index in [2.05, 4.69) is 10.3 Å². The van der Waals surface area contributed by atoms with Crippen LogP contribution in [0.1, 0.15) is 28.4 Å². The number of aromatic nitrogens is 1. The van der Waals surface area contributed by atoms with Crippen LogP contribution in [0, 0.1) is 6.92 Å². The van der Waals surface area contributed by atoms with Gasteiger partial charge in [0.2, 0.25) is 0 Å². The number of pyridine rings is 1. The number of carbonyl (C=O) groups excluding carboxylic acids is 1. The maximum atomic E-state index is 13.0. The van der Waals surface area contributed by atoms with Crippen LogP contribution in [-0.4, -0.2) is 25.1 Å². The predicted octanol–water partition coefficient (Wildman–Crippen LogP) is 4.38. The highest BCUT2D eigenvalue weighted by Crippen LogP contribution is 2.32. The number of hydrogen-bond donors (Lipinski definition) is 1. The zero-order chi connectivity index (χ0) is 18.7. The van der Waals surface area contributed by atoms with Gasteiger partial charge in [0.15, 0.2) is 11.5 Å². The van der Waals surface area contributed by atoms with Crippen molar-refractivity contribution >= 4 is 22.5 Å². The Labute approximate surface area is 153 Å². The number of fused-ring (bicyclic) bond motifs is 1. The van der Waals surface area contributed by atoms with E-state index in [-0.39, 0.29) is 5.91 Å². The number of ether oxygens (including phenoxy) is 2. The third-order valence-corrected chi connectivity index (χ3v) is 4.33. The van der Waals surface area contributed by atoms with Crippen molar-refractivity contribution in [1.29, 1.82) is 0 Å². The zero-order valence-corrected chi connectivity index (χ0v) is 15.4. The van der Waals surface area contributed by atoms with E-state index >= 15 is 0 Å². The van der Waals surface area contributed by atoms with Gasteiger partial charge >= 0.3 is 0 Å². The first kappa shape index (κ1) is 17.7. The van der Waals surface area contributed by atoms with Crippen molar-refractivity contribution < 1.29 is 14.3 Å². The minimum absolute atomic E-state index is 0.194. The zero-order valence-electron chi connectivity index (χ0n) is 15.4. The van der Waals surface area contributed by atoms with Crippen LogP contribution in [0.4, 0.5) is 5.69 Å². The number of methoxy groups -OCH3 is 2. The molecule has 0 fully saturated rings. The summed E-state index contributed by atoms with van der Waals surface area (Å²) in [7, 11) is 3.14. The van der Waals surface area contributed by atoms with Crippen molar-refractivity contribution in [1.82, 2.24) is 4.98 Å². The second kappa shape index (κ2) is 7.44. The molecule has 0 atom stereocenters. The van der Waals surface area contributed by atoms with Gasteiger partial charge in [-0.3, -0.25) is 9.78 Å². The molecule has 1 heterocycles. The first-order valence-electron chi connectivity index (χ1n) is 8.49. The summed E-state index contributed by atoms with van der Waals surface area (Å²) >= 11 is 0. The molecule has 1 N–H and O–H groups in total. The second-order valence-corrected chi connectivity index (χ2v) is 6.06. The second-order valence-electron chi connectivity index (χ2n) is 6.06. The molecule has 0 bridgehead atoms. The molecule has 5 heteroatoms. The molecule has 0 aliphatic rings. The predicted molar refractivity (Wildman–Crippen MR) is 103 cm³/mol. The quantitative estimate of drug-likeness (QED) is 0.742. The molecular weight excluding hydrogens is 328 g/mol. The van der Waals surface area contributed by atoms with Crippen LogP contribution in [0.25, 0.3) is 10.9 Å². The number of anilines is 1. The molecule has 2 aromatic carbocycles. The highest BCUT2D eigenvalue weighted by atomic mass is 16.5. The largest absolute Gasteiger partial charge is 0.493 e. The molecule has 1 aromatic heterocycles. The van der Waals surface area contributed by atoms with Gasteiger partial charge in [0.1, 0.15) is 0 Å². The van der Waals surface area contributed by atoms with Crippen molar-refractivity contribution in [3.8, 4) is 11.5 Å². The van der Waals surface area contributed by atoms with Crippen LogP contribution in [0.3, 0.4) is 0 Å². The standard InChI is InChI=1S/C21H22N2O3/c1-5-14-11-18(25-3)19(26-4)12-16(14)21(24)23-17-10-13(2)9-15-7-6-8-22-20(15)17/h6-12H,5H2,1-4H3,(H,23,24). The molecular formula is C21H22N2O3. The minimum atomic E-state index is -0.194. The van der Waals surface area contributed by atoms with Gasteiger partial charge in [-0.25, -0.2) is 0 Å². The number of amides is 1. The monoisotopic (exact) mass is 350 g/mol. The Hall–Kier alpha value is -3.08. The maximum Gasteiger partial charge on any atom is 0.256 e. The lowest BCUT2D eigenvalue weighted by atomic mass is 10.0. The number of nitrogens with zero attached hydrogens (tertiary/aromatic N) is 1. The number of aryl methyl sites for hydroxylation is 2. The molecule has 134 valence electrons. The third-order valence-electron chi connectivity index (χ3n) is 4.33. The Morgan fingerprint density at radius 2 is 1.85 bits per heavy atom. The topological polar surface area (TPSA) is 60.5 Å². The Kier molecular flexibility index (Phi) is 5.07. The van der Waals surface area contributed by atoms with E-state index in [1.165, 1.54) is 0 Å². The molecule has 0 spiro atoms. The summed E-state index contributed by atoms with van der Waals surface area (Å²) in [6, 6.07) is 11.4. The van der Waals surface area contributed by atoms with Crippen LogP contribution >= 0.6 is 0 Å². The van der Waals surface area contributed by atoms with Crippen LogP contribution in [0.15, 0.2) is 42.6 Å². The fraction of sp³-hybridized carbons (Fsp3) is 0.238. The van der Waals surface area contributed by atoms with Gasteiger partial charge in [-0.1, -0.05) is 13.0 Å². The van der Waals surface area contributed by atoms with Crippen LogP contribution < -0.4 is 14.8 Å². The van der Waals surface area contributed by atoms with Crippen molar-refractivity contribution in [2.24, 2.45) is 0 Å². The Bertz CT molecular complexity index is 967. The average molecular weight is 350 g/mol. The molecule has 1 amide bonds. The summed E-state index contributed by atoms with van der Waals surface area (Å²) in [6.07, 6.45) is 2.43. The van der Waals surface area contributed by atoms with Gasteiger partial charge in [0.25, 0.3) is 5.91 Å². The Balaban J connectivity index is 2.03. The van der Waals surface area contributed by atoms with Gasteiger partial charge in [0, 0.05) is 17.1 Å². The molecule has 0 saturated carbocycles. The van der Waals surface area contributed by atoms with E-state index in [1.807, 2.05) is 44.2 Å². The molecule has 0 saturated heterocycles. The maximum absolute atomic E-state index is 13.0. The van der Waals surface area contributed by atoms with Gasteiger partial charge in [-0.2, -0.15) is 0 Å². The third kappa shape index (κ3) is 3.33. The normalized spacial score (nSPS) is 10.6. The molecule has 3 aromatic rings. The van der Waals surface area contributed by atoms with Gasteiger partial charge in [-0.15, -0.1) is 0 Å². The first-order valence-corrected chi connectivity index (χ1v) is 8.49. The Morgan fingerprint density at radius 1 is 1.12 bits per heavy atom. The average Bonchev–Trinajstić information content (AvgIpc) is 2.66. The van der Waals surface area contributed by atoms with Crippen molar-refractivity contribution in [2.75, 3.05) is 19.5 Å². The summed E-state index contributed by atoms with van der Waals surface area (Å²) in [5, 5.41) is 4.00. The van der Waals surface area contributed by atoms with Crippen molar-refractivity contribution in [2.45, 2.75) is 20.3 Å². The van der Waals surface area contributed by atoms with Gasteiger partial charge < -0.3 is 14.8 Å². The Morgan fingerprint density at radius 3 is 2.54 bits per heavy atom. The number of nitrogens with one attached hydrogen (secondary N) is 1. The minimum Gasteiger partial charge on any atom is -0.493 e. The van der Waals surface area contributed by atoms with Crippen LogP contribution in [0.2, 0.25) is 0 Å². The molecule has 26 heavy (non-hydrogen) atoms. The van der Waals surface area contributed by atoms with Gasteiger partial charge in [0.05, 0.1) is 25.4 Å². The highest BCUT2D eigenvalue weighted by Gasteiger charge is 2.17. The number of hydrogen-bond acceptors (Lipinski definition) is 4. The molecule has 0 aliphatic heterocycles. The van der Waals surface area contributed by atoms with Crippen LogP contribution in [-0.2, 0) is 6.42 Å². The summed E-state index contributed by atoms with van der Waals surface area (Å²) in [5.41, 5.74) is 3.98. The van der Waals surface area contributed by atoms with E-state index in [0.717, 1.165) is 22.0 Å². The smallest absolute Gasteiger partial charge is 0.256 e. The summed E-state index contributed by atoms with van der Waals surface area (Å²) < 4.78 is 10.7. The molecule has 5 nitrogen and oxygen atoms in total. The summed E-state index contributed by atoms with van der Waals surface area (Å²) in [4.78, 5) is 17.4. The lowest BCUT2D eigenvalue weighted by Gasteiger charge is -2.15. The van der Waals surface area contributed by atoms with Crippen molar-refractivity contribution in [3.05, 3.63) is 59.3 Å². The fourth-order valence-electron chi connectivity index (χ4n) is 3.05. The molecule has 0 aliphatic carbocycles. The number of rotatable bonds is 5. The lowest BCUT2D eigenvalue weighted by molar-refractivity contribution is 0.102. The van der Waals surface area contributed by atoms with Crippen molar-refractivity contribution in [3.63, 3.8) is 0 Å². The van der Waals surface area contributed by atoms with E-state index < -0.39 is 0 Å². The number of benzene rings is 2. The molecule has 0 unspecified atom stereocenters. The van der Waals surface area contributed by atoms with Gasteiger partial charge in [-0.05, 0) is 54.8 Å². The summed E-state index contributed by atoms with van der Waals surface area (Å²) in [6.45, 7) is 4.00. The molecule has 3 rings (SSSR count). The van der Waals surface area contributed by atoms with E-state index in [4.69, 9.17) is 9.47 Å². The highest BCUT2D eigenvalue weighted by molar-refractivity contribution is 6.09. The van der Waals surface area contributed by atoms with E-state index in [0.29, 0.717) is 29.2 Å². The SMILES string of the molecule is CCc1cc(OC)c(OC)cc1C(=O)Nc1cc(C)cc2cccnc12. The molecule has 0 radical (unpaired) electrons. The first-order chi connectivity index (χ1) is 12.6. The van der Waals surface area contributed by atoms with Crippen LogP contribution in [0.5, 0.6) is 11.5 Å². The number of carbonyl (C=O) groups is 1. The fourth-order valence-corrected chi connectivity index (χ4v) is 3.05. The summed E-state index contributed by atoms with van der Waals surface area (Å²) in [5.74, 6) is 0.950. The lowest BCUT2D eigenvalue weighted by Crippen LogP contribution is -2.15.